The Hall–Kier alpha value is 0.660. The molecule has 0 spiro atoms. The molecule has 0 bridgehead atoms. The standard InChI is InChI=1S/C12H16Br2S/c13-9-12(6-2-1-3-7-12)8-10-4-5-11(14)15-10/h4-5H,1-3,6-9H2. The van der Waals surface area contributed by atoms with Crippen molar-refractivity contribution >= 4 is 43.2 Å². The molecule has 15 heavy (non-hydrogen) atoms. The second kappa shape index (κ2) is 5.33. The van der Waals surface area contributed by atoms with Gasteiger partial charge >= 0.3 is 0 Å². The summed E-state index contributed by atoms with van der Waals surface area (Å²) in [5, 5.41) is 1.16. The molecule has 84 valence electrons. The Morgan fingerprint density at radius 3 is 2.47 bits per heavy atom. The number of thiophene rings is 1. The summed E-state index contributed by atoms with van der Waals surface area (Å²) in [6, 6.07) is 4.44. The molecule has 1 aliphatic carbocycles. The van der Waals surface area contributed by atoms with E-state index in [1.165, 1.54) is 47.2 Å². The van der Waals surface area contributed by atoms with Crippen LogP contribution in [0.4, 0.5) is 0 Å². The van der Waals surface area contributed by atoms with E-state index in [0.29, 0.717) is 5.41 Å². The Morgan fingerprint density at radius 1 is 1.20 bits per heavy atom. The van der Waals surface area contributed by atoms with Crippen LogP contribution in [-0.4, -0.2) is 5.33 Å². The highest BCUT2D eigenvalue weighted by molar-refractivity contribution is 9.11. The third-order valence-corrected chi connectivity index (χ3v) is 6.19. The molecule has 0 saturated heterocycles. The molecule has 0 nitrogen and oxygen atoms in total. The van der Waals surface area contributed by atoms with E-state index in [4.69, 9.17) is 0 Å². The highest BCUT2D eigenvalue weighted by Gasteiger charge is 2.31. The van der Waals surface area contributed by atoms with Gasteiger partial charge in [0.25, 0.3) is 0 Å². The summed E-state index contributed by atoms with van der Waals surface area (Å²) in [4.78, 5) is 1.53. The van der Waals surface area contributed by atoms with Crippen LogP contribution in [0.25, 0.3) is 0 Å². The fraction of sp³-hybridized carbons (Fsp3) is 0.667. The van der Waals surface area contributed by atoms with Gasteiger partial charge in [0.15, 0.2) is 0 Å². The SMILES string of the molecule is BrCC1(Cc2ccc(Br)s2)CCCCC1. The Labute approximate surface area is 113 Å². The molecule has 0 aromatic carbocycles. The molecule has 1 fully saturated rings. The van der Waals surface area contributed by atoms with Gasteiger partial charge in [0, 0.05) is 10.2 Å². The largest absolute Gasteiger partial charge is 0.133 e. The Morgan fingerprint density at radius 2 is 1.93 bits per heavy atom. The lowest BCUT2D eigenvalue weighted by Crippen LogP contribution is -2.28. The van der Waals surface area contributed by atoms with Gasteiger partial charge in [-0.1, -0.05) is 35.2 Å². The van der Waals surface area contributed by atoms with Crippen LogP contribution in [-0.2, 0) is 6.42 Å². The minimum atomic E-state index is 0.544. The van der Waals surface area contributed by atoms with Crippen molar-refractivity contribution in [2.75, 3.05) is 5.33 Å². The summed E-state index contributed by atoms with van der Waals surface area (Å²) in [5.74, 6) is 0. The van der Waals surface area contributed by atoms with Gasteiger partial charge in [-0.15, -0.1) is 11.3 Å². The van der Waals surface area contributed by atoms with E-state index < -0.39 is 0 Å². The van der Waals surface area contributed by atoms with Crippen molar-refractivity contribution in [3.63, 3.8) is 0 Å². The Kier molecular flexibility index (Phi) is 4.31. The molecule has 1 heterocycles. The van der Waals surface area contributed by atoms with Crippen LogP contribution < -0.4 is 0 Å². The lowest BCUT2D eigenvalue weighted by atomic mass is 9.73. The van der Waals surface area contributed by atoms with Crippen molar-refractivity contribution < 1.29 is 0 Å². The maximum absolute atomic E-state index is 3.73. The molecular formula is C12H16Br2S. The van der Waals surface area contributed by atoms with Gasteiger partial charge in [0.05, 0.1) is 3.79 Å². The van der Waals surface area contributed by atoms with Crippen molar-refractivity contribution in [3.05, 3.63) is 20.8 Å². The minimum absolute atomic E-state index is 0.544. The first-order valence-electron chi connectivity index (χ1n) is 5.54. The average Bonchev–Trinajstić information content (AvgIpc) is 2.65. The molecule has 3 heteroatoms. The van der Waals surface area contributed by atoms with E-state index >= 15 is 0 Å². The number of rotatable bonds is 3. The molecule has 1 aromatic rings. The lowest BCUT2D eigenvalue weighted by Gasteiger charge is -2.35. The van der Waals surface area contributed by atoms with Crippen LogP contribution in [0.3, 0.4) is 0 Å². The smallest absolute Gasteiger partial charge is 0.0701 e. The number of alkyl halides is 1. The summed E-state index contributed by atoms with van der Waals surface area (Å²) in [6.45, 7) is 0. The van der Waals surface area contributed by atoms with E-state index in [1.54, 1.807) is 0 Å². The maximum Gasteiger partial charge on any atom is 0.0701 e. The molecule has 0 unspecified atom stereocenters. The number of hydrogen-bond donors (Lipinski definition) is 0. The van der Waals surface area contributed by atoms with E-state index in [1.807, 2.05) is 11.3 Å². The molecule has 1 aromatic heterocycles. The monoisotopic (exact) mass is 350 g/mol. The van der Waals surface area contributed by atoms with Gasteiger partial charge in [-0.05, 0) is 52.7 Å². The average molecular weight is 352 g/mol. The number of halogens is 2. The predicted molar refractivity (Wildman–Crippen MR) is 75.0 cm³/mol. The summed E-state index contributed by atoms with van der Waals surface area (Å²) in [5.41, 5.74) is 0.544. The zero-order chi connectivity index (χ0) is 10.7. The molecule has 0 radical (unpaired) electrons. The van der Waals surface area contributed by atoms with E-state index in [0.717, 1.165) is 5.33 Å². The normalized spacial score (nSPS) is 20.4. The van der Waals surface area contributed by atoms with Crippen LogP contribution in [0.1, 0.15) is 37.0 Å². The molecule has 0 atom stereocenters. The van der Waals surface area contributed by atoms with Crippen molar-refractivity contribution in [2.45, 2.75) is 38.5 Å². The number of hydrogen-bond acceptors (Lipinski definition) is 1. The predicted octanol–water partition coefficient (Wildman–Crippen LogP) is 5.40. The Bertz CT molecular complexity index is 313. The van der Waals surface area contributed by atoms with Gasteiger partial charge in [-0.2, -0.15) is 0 Å². The van der Waals surface area contributed by atoms with Crippen molar-refractivity contribution in [2.24, 2.45) is 5.41 Å². The highest BCUT2D eigenvalue weighted by atomic mass is 79.9. The van der Waals surface area contributed by atoms with Crippen molar-refractivity contribution in [1.82, 2.24) is 0 Å². The van der Waals surface area contributed by atoms with Gasteiger partial charge in [-0.3, -0.25) is 0 Å². The first kappa shape index (κ1) is 12.1. The molecule has 1 saturated carbocycles. The molecule has 0 amide bonds. The van der Waals surface area contributed by atoms with E-state index in [2.05, 4.69) is 44.0 Å². The summed E-state index contributed by atoms with van der Waals surface area (Å²) in [6.07, 6.45) is 8.31. The van der Waals surface area contributed by atoms with Gasteiger partial charge in [0.2, 0.25) is 0 Å². The second-order valence-corrected chi connectivity index (χ2v) is 7.69. The molecule has 2 rings (SSSR count). The van der Waals surface area contributed by atoms with Gasteiger partial charge in [0.1, 0.15) is 0 Å². The maximum atomic E-state index is 3.73. The Balaban J connectivity index is 2.06. The van der Waals surface area contributed by atoms with Crippen LogP contribution in [0, 0.1) is 5.41 Å². The van der Waals surface area contributed by atoms with Crippen LogP contribution in [0.15, 0.2) is 15.9 Å². The van der Waals surface area contributed by atoms with E-state index in [9.17, 15) is 0 Å². The molecule has 0 N–H and O–H groups in total. The summed E-state index contributed by atoms with van der Waals surface area (Å²) in [7, 11) is 0. The summed E-state index contributed by atoms with van der Waals surface area (Å²) >= 11 is 9.16. The third kappa shape index (κ3) is 3.07. The van der Waals surface area contributed by atoms with Crippen LogP contribution in [0.5, 0.6) is 0 Å². The minimum Gasteiger partial charge on any atom is -0.133 e. The van der Waals surface area contributed by atoms with Crippen LogP contribution >= 0.6 is 43.2 Å². The first-order valence-corrected chi connectivity index (χ1v) is 8.27. The molecule has 1 aliphatic rings. The van der Waals surface area contributed by atoms with E-state index in [-0.39, 0.29) is 0 Å². The second-order valence-electron chi connectivity index (χ2n) is 4.58. The lowest BCUT2D eigenvalue weighted by molar-refractivity contribution is 0.225. The quantitative estimate of drug-likeness (QED) is 0.639. The van der Waals surface area contributed by atoms with Crippen molar-refractivity contribution in [1.29, 1.82) is 0 Å². The van der Waals surface area contributed by atoms with Crippen LogP contribution in [0.2, 0.25) is 0 Å². The fourth-order valence-electron chi connectivity index (χ4n) is 2.48. The molecular weight excluding hydrogens is 336 g/mol. The fourth-order valence-corrected chi connectivity index (χ4v) is 4.89. The molecule has 0 aliphatic heterocycles. The highest BCUT2D eigenvalue weighted by Crippen LogP contribution is 2.42. The van der Waals surface area contributed by atoms with Gasteiger partial charge in [-0.25, -0.2) is 0 Å². The van der Waals surface area contributed by atoms with Gasteiger partial charge < -0.3 is 0 Å². The van der Waals surface area contributed by atoms with Crippen molar-refractivity contribution in [3.8, 4) is 0 Å². The topological polar surface area (TPSA) is 0 Å². The third-order valence-electron chi connectivity index (χ3n) is 3.38. The summed E-state index contributed by atoms with van der Waals surface area (Å²) < 4.78 is 1.26. The first-order chi connectivity index (χ1) is 7.24. The zero-order valence-electron chi connectivity index (χ0n) is 8.77. The zero-order valence-corrected chi connectivity index (χ0v) is 12.8.